The van der Waals surface area contributed by atoms with E-state index < -0.39 is 5.54 Å². The summed E-state index contributed by atoms with van der Waals surface area (Å²) in [6, 6.07) is 8.00. The first-order valence-electron chi connectivity index (χ1n) is 6.28. The Morgan fingerprint density at radius 1 is 1.53 bits per heavy atom. The molecule has 1 aliphatic rings. The van der Waals surface area contributed by atoms with Crippen molar-refractivity contribution >= 4 is 33.2 Å². The fraction of sp³-hybridized carbons (Fsp3) is 0.500. The van der Waals surface area contributed by atoms with E-state index in [0.717, 1.165) is 35.8 Å². The molecule has 1 aromatic carbocycles. The zero-order valence-electron chi connectivity index (χ0n) is 10.7. The standard InChI is InChI=1S/C14H16BrClN2O/c1-19-13-4-2-3-7-14(13,9-17)18-10-5-6-12(16)11(15)8-10/h5-6,8,13,18H,2-4,7H2,1H3. The maximum absolute atomic E-state index is 9.60. The minimum Gasteiger partial charge on any atom is -0.378 e. The van der Waals surface area contributed by atoms with E-state index in [0.29, 0.717) is 5.02 Å². The van der Waals surface area contributed by atoms with Crippen molar-refractivity contribution in [2.24, 2.45) is 0 Å². The molecule has 0 aromatic heterocycles. The van der Waals surface area contributed by atoms with Crippen molar-refractivity contribution in [2.45, 2.75) is 37.3 Å². The molecule has 0 aliphatic heterocycles. The summed E-state index contributed by atoms with van der Waals surface area (Å²) in [5.41, 5.74) is 0.224. The Balaban J connectivity index is 2.26. The summed E-state index contributed by atoms with van der Waals surface area (Å²) < 4.78 is 6.32. The van der Waals surface area contributed by atoms with Gasteiger partial charge in [0.2, 0.25) is 0 Å². The summed E-state index contributed by atoms with van der Waals surface area (Å²) in [4.78, 5) is 0. The van der Waals surface area contributed by atoms with Gasteiger partial charge in [0.1, 0.15) is 0 Å². The van der Waals surface area contributed by atoms with Gasteiger partial charge >= 0.3 is 0 Å². The molecule has 2 rings (SSSR count). The van der Waals surface area contributed by atoms with E-state index in [9.17, 15) is 5.26 Å². The van der Waals surface area contributed by atoms with E-state index in [1.165, 1.54) is 0 Å². The van der Waals surface area contributed by atoms with Crippen LogP contribution in [0.2, 0.25) is 5.02 Å². The van der Waals surface area contributed by atoms with Crippen LogP contribution in [0.15, 0.2) is 22.7 Å². The van der Waals surface area contributed by atoms with Crippen molar-refractivity contribution < 1.29 is 4.74 Å². The average molecular weight is 344 g/mol. The third-order valence-corrected chi connectivity index (χ3v) is 4.82. The number of anilines is 1. The highest BCUT2D eigenvalue weighted by atomic mass is 79.9. The number of hydrogen-bond donors (Lipinski definition) is 1. The third-order valence-electron chi connectivity index (χ3n) is 3.61. The van der Waals surface area contributed by atoms with Crippen LogP contribution in [-0.4, -0.2) is 18.8 Å². The van der Waals surface area contributed by atoms with E-state index in [2.05, 4.69) is 27.3 Å². The average Bonchev–Trinajstić information content (AvgIpc) is 2.43. The Kier molecular flexibility index (Phi) is 4.72. The molecule has 19 heavy (non-hydrogen) atoms. The van der Waals surface area contributed by atoms with Crippen molar-refractivity contribution in [3.8, 4) is 6.07 Å². The second-order valence-corrected chi connectivity index (χ2v) is 6.07. The number of rotatable bonds is 3. The first-order valence-corrected chi connectivity index (χ1v) is 7.45. The molecule has 2 unspecified atom stereocenters. The number of benzene rings is 1. The van der Waals surface area contributed by atoms with Crippen LogP contribution in [-0.2, 0) is 4.74 Å². The SMILES string of the molecule is COC1CCCCC1(C#N)Nc1ccc(Cl)c(Br)c1. The van der Waals surface area contributed by atoms with Crippen LogP contribution >= 0.6 is 27.5 Å². The summed E-state index contributed by atoms with van der Waals surface area (Å²) in [7, 11) is 1.67. The Bertz CT molecular complexity index is 503. The van der Waals surface area contributed by atoms with E-state index in [1.54, 1.807) is 7.11 Å². The van der Waals surface area contributed by atoms with Crippen LogP contribution in [0, 0.1) is 11.3 Å². The van der Waals surface area contributed by atoms with Gasteiger partial charge in [-0.05, 0) is 53.4 Å². The van der Waals surface area contributed by atoms with Gasteiger partial charge in [-0.25, -0.2) is 0 Å². The molecule has 2 atom stereocenters. The number of nitriles is 1. The van der Waals surface area contributed by atoms with Crippen molar-refractivity contribution in [3.63, 3.8) is 0 Å². The lowest BCUT2D eigenvalue weighted by molar-refractivity contribution is 0.0370. The summed E-state index contributed by atoms with van der Waals surface area (Å²) >= 11 is 9.38. The van der Waals surface area contributed by atoms with Crippen LogP contribution in [0.5, 0.6) is 0 Å². The van der Waals surface area contributed by atoms with Crippen molar-refractivity contribution in [2.75, 3.05) is 12.4 Å². The maximum atomic E-state index is 9.60. The van der Waals surface area contributed by atoms with Gasteiger partial charge < -0.3 is 10.1 Å². The summed E-state index contributed by atoms with van der Waals surface area (Å²) in [5, 5.41) is 13.6. The molecule has 0 bridgehead atoms. The van der Waals surface area contributed by atoms with Crippen molar-refractivity contribution in [3.05, 3.63) is 27.7 Å². The molecule has 1 N–H and O–H groups in total. The molecular formula is C14H16BrClN2O. The molecule has 0 heterocycles. The normalized spacial score (nSPS) is 26.7. The van der Waals surface area contributed by atoms with Crippen molar-refractivity contribution in [1.29, 1.82) is 5.26 Å². The quantitative estimate of drug-likeness (QED) is 0.886. The van der Waals surface area contributed by atoms with Crippen LogP contribution in [0.1, 0.15) is 25.7 Å². The number of ether oxygens (including phenoxy) is 1. The molecule has 1 aliphatic carbocycles. The zero-order valence-corrected chi connectivity index (χ0v) is 13.1. The van der Waals surface area contributed by atoms with Gasteiger partial charge in [0, 0.05) is 17.3 Å². The molecule has 5 heteroatoms. The second-order valence-electron chi connectivity index (χ2n) is 4.81. The van der Waals surface area contributed by atoms with Crippen LogP contribution in [0.25, 0.3) is 0 Å². The molecule has 3 nitrogen and oxygen atoms in total. The monoisotopic (exact) mass is 342 g/mol. The number of halogens is 2. The highest BCUT2D eigenvalue weighted by Crippen LogP contribution is 2.35. The first-order chi connectivity index (χ1) is 9.11. The fourth-order valence-electron chi connectivity index (χ4n) is 2.59. The Morgan fingerprint density at radius 2 is 2.32 bits per heavy atom. The molecule has 1 fully saturated rings. The summed E-state index contributed by atoms with van der Waals surface area (Å²) in [6.07, 6.45) is 3.76. The molecule has 102 valence electrons. The highest BCUT2D eigenvalue weighted by molar-refractivity contribution is 9.10. The van der Waals surface area contributed by atoms with Gasteiger partial charge in [-0.1, -0.05) is 18.0 Å². The first kappa shape index (κ1) is 14.6. The van der Waals surface area contributed by atoms with E-state index in [4.69, 9.17) is 16.3 Å². The molecule has 0 saturated heterocycles. The predicted octanol–water partition coefficient (Wildman–Crippen LogP) is 4.37. The topological polar surface area (TPSA) is 45.0 Å². The third kappa shape index (κ3) is 3.05. The lowest BCUT2D eigenvalue weighted by atomic mass is 9.80. The smallest absolute Gasteiger partial charge is 0.151 e. The zero-order chi connectivity index (χ0) is 13.9. The van der Waals surface area contributed by atoms with E-state index >= 15 is 0 Å². The van der Waals surface area contributed by atoms with Crippen LogP contribution in [0.4, 0.5) is 5.69 Å². The van der Waals surface area contributed by atoms with Gasteiger partial charge in [0.15, 0.2) is 5.54 Å². The van der Waals surface area contributed by atoms with Gasteiger partial charge in [-0.2, -0.15) is 5.26 Å². The number of nitrogens with one attached hydrogen (secondary N) is 1. The summed E-state index contributed by atoms with van der Waals surface area (Å²) in [5.74, 6) is 0. The van der Waals surface area contributed by atoms with Gasteiger partial charge in [-0.15, -0.1) is 0 Å². The van der Waals surface area contributed by atoms with Crippen molar-refractivity contribution in [1.82, 2.24) is 0 Å². The summed E-state index contributed by atoms with van der Waals surface area (Å²) in [6.45, 7) is 0. The van der Waals surface area contributed by atoms with Crippen LogP contribution < -0.4 is 5.32 Å². The predicted molar refractivity (Wildman–Crippen MR) is 80.4 cm³/mol. The van der Waals surface area contributed by atoms with E-state index in [-0.39, 0.29) is 6.10 Å². The number of methoxy groups -OCH3 is 1. The van der Waals surface area contributed by atoms with Gasteiger partial charge in [-0.3, -0.25) is 0 Å². The number of hydrogen-bond acceptors (Lipinski definition) is 3. The molecule has 1 saturated carbocycles. The molecule has 0 spiro atoms. The Hall–Kier alpha value is -0.760. The Morgan fingerprint density at radius 3 is 2.95 bits per heavy atom. The largest absolute Gasteiger partial charge is 0.378 e. The lowest BCUT2D eigenvalue weighted by Gasteiger charge is -2.39. The minimum absolute atomic E-state index is 0.0827. The second kappa shape index (κ2) is 6.13. The maximum Gasteiger partial charge on any atom is 0.151 e. The van der Waals surface area contributed by atoms with Gasteiger partial charge in [0.05, 0.1) is 17.2 Å². The molecular weight excluding hydrogens is 328 g/mol. The van der Waals surface area contributed by atoms with E-state index in [1.807, 2.05) is 18.2 Å². The fourth-order valence-corrected chi connectivity index (χ4v) is 3.09. The minimum atomic E-state index is -0.653. The molecule has 0 amide bonds. The molecule has 0 radical (unpaired) electrons. The number of nitrogens with zero attached hydrogens (tertiary/aromatic N) is 1. The molecule has 1 aromatic rings. The Labute approximate surface area is 127 Å². The highest BCUT2D eigenvalue weighted by Gasteiger charge is 2.41. The van der Waals surface area contributed by atoms with Gasteiger partial charge in [0.25, 0.3) is 0 Å². The van der Waals surface area contributed by atoms with Crippen LogP contribution in [0.3, 0.4) is 0 Å². The lowest BCUT2D eigenvalue weighted by Crippen LogP contribution is -2.51.